The summed E-state index contributed by atoms with van der Waals surface area (Å²) in [6.07, 6.45) is 3.33. The first kappa shape index (κ1) is 12.4. The van der Waals surface area contributed by atoms with Crippen molar-refractivity contribution in [1.82, 2.24) is 9.97 Å². The predicted molar refractivity (Wildman–Crippen MR) is 61.7 cm³/mol. The molecule has 2 N–H and O–H groups in total. The lowest BCUT2D eigenvalue weighted by atomic mass is 10.2. The van der Waals surface area contributed by atoms with E-state index in [9.17, 15) is 4.79 Å². The maximum Gasteiger partial charge on any atom is 0.354 e. The van der Waals surface area contributed by atoms with Gasteiger partial charge >= 0.3 is 5.97 Å². The Kier molecular flexibility index (Phi) is 4.69. The molecule has 0 bridgehead atoms. The van der Waals surface area contributed by atoms with Gasteiger partial charge < -0.3 is 10.4 Å². The van der Waals surface area contributed by atoms with Crippen LogP contribution in [-0.4, -0.2) is 27.6 Å². The minimum absolute atomic E-state index is 0.0329. The number of hydrogen-bond acceptors (Lipinski definition) is 4. The second-order valence-corrected chi connectivity index (χ2v) is 3.66. The van der Waals surface area contributed by atoms with E-state index in [1.807, 2.05) is 0 Å². The van der Waals surface area contributed by atoms with Crippen molar-refractivity contribution in [3.63, 3.8) is 0 Å². The fourth-order valence-corrected chi connectivity index (χ4v) is 1.33. The molecule has 1 rings (SSSR count). The molecule has 0 radical (unpaired) electrons. The maximum atomic E-state index is 10.8. The third kappa shape index (κ3) is 3.84. The number of carboxylic acid groups (broad SMARTS) is 1. The summed E-state index contributed by atoms with van der Waals surface area (Å²) in [5, 5.41) is 11.9. The highest BCUT2D eigenvalue weighted by atomic mass is 16.4. The monoisotopic (exact) mass is 223 g/mol. The number of aromatic nitrogens is 2. The largest absolute Gasteiger partial charge is 0.477 e. The van der Waals surface area contributed by atoms with Gasteiger partial charge in [0.05, 0.1) is 0 Å². The van der Waals surface area contributed by atoms with E-state index in [2.05, 4.69) is 22.2 Å². The molecule has 0 spiro atoms. The Labute approximate surface area is 94.9 Å². The summed E-state index contributed by atoms with van der Waals surface area (Å²) < 4.78 is 0. The molecule has 0 aliphatic carbocycles. The lowest BCUT2D eigenvalue weighted by Crippen LogP contribution is -2.10. The molecule has 5 nitrogen and oxygen atoms in total. The topological polar surface area (TPSA) is 75.1 Å². The molecule has 0 atom stereocenters. The second-order valence-electron chi connectivity index (χ2n) is 3.66. The summed E-state index contributed by atoms with van der Waals surface area (Å²) in [7, 11) is 0. The Morgan fingerprint density at radius 2 is 2.19 bits per heavy atom. The van der Waals surface area contributed by atoms with E-state index in [4.69, 9.17) is 5.11 Å². The summed E-state index contributed by atoms with van der Waals surface area (Å²) >= 11 is 0. The van der Waals surface area contributed by atoms with Gasteiger partial charge in [-0.2, -0.15) is 0 Å². The molecule has 5 heteroatoms. The first-order valence-corrected chi connectivity index (χ1v) is 5.46. The highest BCUT2D eigenvalue weighted by molar-refractivity contribution is 5.85. The van der Waals surface area contributed by atoms with Crippen molar-refractivity contribution in [2.24, 2.45) is 0 Å². The van der Waals surface area contributed by atoms with E-state index in [1.54, 1.807) is 6.92 Å². The zero-order chi connectivity index (χ0) is 12.0. The predicted octanol–water partition coefficient (Wildman–Crippen LogP) is 2.09. The van der Waals surface area contributed by atoms with Gasteiger partial charge in [-0.25, -0.2) is 14.8 Å². The number of nitrogens with one attached hydrogen (secondary N) is 1. The van der Waals surface area contributed by atoms with Crippen molar-refractivity contribution in [3.8, 4) is 0 Å². The number of nitrogens with zero attached hydrogens (tertiary/aromatic N) is 2. The molecule has 1 heterocycles. The molecule has 0 saturated carbocycles. The van der Waals surface area contributed by atoms with Gasteiger partial charge in [0, 0.05) is 12.2 Å². The number of unbranched alkanes of at least 4 members (excludes halogenated alkanes) is 2. The third-order valence-corrected chi connectivity index (χ3v) is 2.14. The van der Waals surface area contributed by atoms with Crippen LogP contribution < -0.4 is 5.32 Å². The van der Waals surface area contributed by atoms with E-state index in [-0.39, 0.29) is 5.69 Å². The van der Waals surface area contributed by atoms with Gasteiger partial charge in [0.25, 0.3) is 0 Å². The van der Waals surface area contributed by atoms with Crippen molar-refractivity contribution in [3.05, 3.63) is 17.5 Å². The number of hydrogen-bond donors (Lipinski definition) is 2. The molecular formula is C11H17N3O2. The number of anilines is 1. The number of carboxylic acids is 1. The van der Waals surface area contributed by atoms with E-state index in [0.717, 1.165) is 25.8 Å². The third-order valence-electron chi connectivity index (χ3n) is 2.14. The Hall–Kier alpha value is -1.65. The lowest BCUT2D eigenvalue weighted by Gasteiger charge is -2.05. The van der Waals surface area contributed by atoms with E-state index >= 15 is 0 Å². The molecule has 0 amide bonds. The van der Waals surface area contributed by atoms with Crippen LogP contribution in [0.4, 0.5) is 5.95 Å². The SMILES string of the molecule is CCCCCNc1nc(C)cc(C(=O)O)n1. The van der Waals surface area contributed by atoms with Crippen molar-refractivity contribution >= 4 is 11.9 Å². The van der Waals surface area contributed by atoms with Crippen LogP contribution in [0.3, 0.4) is 0 Å². The molecule has 88 valence electrons. The van der Waals surface area contributed by atoms with Crippen LogP contribution in [0.15, 0.2) is 6.07 Å². The highest BCUT2D eigenvalue weighted by Gasteiger charge is 2.07. The van der Waals surface area contributed by atoms with Crippen molar-refractivity contribution in [2.45, 2.75) is 33.1 Å². The Morgan fingerprint density at radius 3 is 2.81 bits per heavy atom. The summed E-state index contributed by atoms with van der Waals surface area (Å²) in [6, 6.07) is 1.46. The molecular weight excluding hydrogens is 206 g/mol. The number of carbonyl (C=O) groups is 1. The normalized spacial score (nSPS) is 10.1. The summed E-state index contributed by atoms with van der Waals surface area (Å²) in [5.41, 5.74) is 0.691. The Bertz CT molecular complexity index is 366. The van der Waals surface area contributed by atoms with Gasteiger partial charge in [0.1, 0.15) is 0 Å². The van der Waals surface area contributed by atoms with E-state index < -0.39 is 5.97 Å². The van der Waals surface area contributed by atoms with Crippen LogP contribution in [0.25, 0.3) is 0 Å². The van der Waals surface area contributed by atoms with Gasteiger partial charge in [-0.05, 0) is 19.4 Å². The minimum atomic E-state index is -1.03. The zero-order valence-electron chi connectivity index (χ0n) is 9.66. The Balaban J connectivity index is 2.62. The van der Waals surface area contributed by atoms with Crippen LogP contribution in [0.5, 0.6) is 0 Å². The molecule has 0 aliphatic rings. The average Bonchev–Trinajstić information content (AvgIpc) is 2.23. The quantitative estimate of drug-likeness (QED) is 0.722. The van der Waals surface area contributed by atoms with Crippen LogP contribution in [0.2, 0.25) is 0 Å². The fourth-order valence-electron chi connectivity index (χ4n) is 1.33. The first-order chi connectivity index (χ1) is 7.63. The van der Waals surface area contributed by atoms with Crippen molar-refractivity contribution < 1.29 is 9.90 Å². The molecule has 0 fully saturated rings. The molecule has 0 saturated heterocycles. The smallest absolute Gasteiger partial charge is 0.354 e. The average molecular weight is 223 g/mol. The lowest BCUT2D eigenvalue weighted by molar-refractivity contribution is 0.0690. The van der Waals surface area contributed by atoms with E-state index in [0.29, 0.717) is 11.6 Å². The Morgan fingerprint density at radius 1 is 1.44 bits per heavy atom. The standard InChI is InChI=1S/C11H17N3O2/c1-3-4-5-6-12-11-13-8(2)7-9(14-11)10(15)16/h7H,3-6H2,1-2H3,(H,15,16)(H,12,13,14). The minimum Gasteiger partial charge on any atom is -0.477 e. The first-order valence-electron chi connectivity index (χ1n) is 5.46. The molecule has 16 heavy (non-hydrogen) atoms. The molecule has 0 aromatic carbocycles. The number of aryl methyl sites for hydroxylation is 1. The van der Waals surface area contributed by atoms with Gasteiger partial charge in [-0.1, -0.05) is 19.8 Å². The number of rotatable bonds is 6. The van der Waals surface area contributed by atoms with Crippen LogP contribution in [0, 0.1) is 6.92 Å². The molecule has 0 unspecified atom stereocenters. The van der Waals surface area contributed by atoms with Gasteiger partial charge in [-0.15, -0.1) is 0 Å². The van der Waals surface area contributed by atoms with Crippen molar-refractivity contribution in [1.29, 1.82) is 0 Å². The summed E-state index contributed by atoms with van der Waals surface area (Å²) in [5.74, 6) is -0.629. The highest BCUT2D eigenvalue weighted by Crippen LogP contribution is 2.05. The zero-order valence-corrected chi connectivity index (χ0v) is 9.66. The molecule has 1 aromatic heterocycles. The van der Waals surface area contributed by atoms with Gasteiger partial charge in [-0.3, -0.25) is 0 Å². The van der Waals surface area contributed by atoms with Gasteiger partial charge in [0.15, 0.2) is 5.69 Å². The van der Waals surface area contributed by atoms with Crippen LogP contribution in [0.1, 0.15) is 42.4 Å². The maximum absolute atomic E-state index is 10.8. The molecule has 0 aliphatic heterocycles. The molecule has 1 aromatic rings. The van der Waals surface area contributed by atoms with Crippen LogP contribution >= 0.6 is 0 Å². The summed E-state index contributed by atoms with van der Waals surface area (Å²) in [4.78, 5) is 18.8. The van der Waals surface area contributed by atoms with Gasteiger partial charge in [0.2, 0.25) is 5.95 Å². The van der Waals surface area contributed by atoms with E-state index in [1.165, 1.54) is 6.07 Å². The van der Waals surface area contributed by atoms with Crippen LogP contribution in [-0.2, 0) is 0 Å². The summed E-state index contributed by atoms with van der Waals surface area (Å²) in [6.45, 7) is 4.66. The van der Waals surface area contributed by atoms with Crippen molar-refractivity contribution in [2.75, 3.05) is 11.9 Å². The fraction of sp³-hybridized carbons (Fsp3) is 0.545. The second kappa shape index (κ2) is 6.05. The number of aromatic carboxylic acids is 1.